The molecule has 27 heavy (non-hydrogen) atoms. The van der Waals surface area contributed by atoms with Crippen molar-refractivity contribution in [3.63, 3.8) is 0 Å². The van der Waals surface area contributed by atoms with E-state index in [1.54, 1.807) is 0 Å². The summed E-state index contributed by atoms with van der Waals surface area (Å²) in [6, 6.07) is 3.90. The standard InChI is InChI=1S/C22H23F2NO2/c23-17-2-1-3-18(24)19(17)20-16(21(27-25-20)12-4-5-12)11-26-15-8-13-6-7-22(13)10-14(22)9-15/h1-3,12-15H,4-11H2/t13-,14?,15-,22-/m0/s1. The number of rotatable bonds is 5. The molecule has 6 rings (SSSR count). The van der Waals surface area contributed by atoms with Crippen molar-refractivity contribution in [3.8, 4) is 11.3 Å². The fourth-order valence-corrected chi connectivity index (χ4v) is 5.71. The lowest BCUT2D eigenvalue weighted by atomic mass is 9.63. The third kappa shape index (κ3) is 2.43. The predicted molar refractivity (Wildman–Crippen MR) is 94.9 cm³/mol. The summed E-state index contributed by atoms with van der Waals surface area (Å²) in [5.41, 5.74) is 1.59. The highest BCUT2D eigenvalue weighted by atomic mass is 19.1. The Morgan fingerprint density at radius 1 is 1.11 bits per heavy atom. The Morgan fingerprint density at radius 2 is 1.89 bits per heavy atom. The highest BCUT2D eigenvalue weighted by molar-refractivity contribution is 5.65. The Morgan fingerprint density at radius 3 is 2.56 bits per heavy atom. The Labute approximate surface area is 157 Å². The van der Waals surface area contributed by atoms with Crippen molar-refractivity contribution >= 4 is 0 Å². The Kier molecular flexibility index (Phi) is 3.38. The van der Waals surface area contributed by atoms with E-state index in [-0.39, 0.29) is 17.4 Å². The Bertz CT molecular complexity index is 885. The van der Waals surface area contributed by atoms with Crippen LogP contribution >= 0.6 is 0 Å². The highest BCUT2D eigenvalue weighted by Gasteiger charge is 2.66. The molecule has 4 atom stereocenters. The van der Waals surface area contributed by atoms with Gasteiger partial charge < -0.3 is 9.26 Å². The van der Waals surface area contributed by atoms with Crippen LogP contribution < -0.4 is 0 Å². The van der Waals surface area contributed by atoms with Crippen LogP contribution in [0.4, 0.5) is 8.78 Å². The van der Waals surface area contributed by atoms with E-state index in [0.717, 1.165) is 48.8 Å². The van der Waals surface area contributed by atoms with E-state index < -0.39 is 11.6 Å². The van der Waals surface area contributed by atoms with Crippen LogP contribution in [-0.2, 0) is 11.3 Å². The lowest BCUT2D eigenvalue weighted by molar-refractivity contribution is -0.0449. The number of nitrogens with zero attached hydrogens (tertiary/aromatic N) is 1. The second-order valence-corrected chi connectivity index (χ2v) is 9.02. The zero-order valence-corrected chi connectivity index (χ0v) is 15.2. The molecule has 4 fully saturated rings. The van der Waals surface area contributed by atoms with Crippen LogP contribution in [0.3, 0.4) is 0 Å². The second-order valence-electron chi connectivity index (χ2n) is 9.02. The SMILES string of the molecule is Fc1cccc(F)c1-c1noc(C2CC2)c1CO[C@@H]1CC2C[C@]23CC[C@H]3C1. The van der Waals surface area contributed by atoms with Crippen LogP contribution in [0.25, 0.3) is 11.3 Å². The summed E-state index contributed by atoms with van der Waals surface area (Å²) in [6.45, 7) is 0.329. The molecule has 1 aromatic heterocycles. The minimum Gasteiger partial charge on any atom is -0.373 e. The van der Waals surface area contributed by atoms with E-state index in [1.807, 2.05) is 0 Å². The predicted octanol–water partition coefficient (Wildman–Crippen LogP) is 5.59. The molecule has 1 aromatic carbocycles. The van der Waals surface area contributed by atoms with E-state index in [9.17, 15) is 8.78 Å². The molecular weight excluding hydrogens is 348 g/mol. The van der Waals surface area contributed by atoms with Gasteiger partial charge in [0.05, 0.1) is 18.3 Å². The topological polar surface area (TPSA) is 35.3 Å². The molecular formula is C22H23F2NO2. The van der Waals surface area contributed by atoms with Crippen LogP contribution in [0.2, 0.25) is 0 Å². The summed E-state index contributed by atoms with van der Waals surface area (Å²) in [6.07, 6.45) is 8.70. The minimum absolute atomic E-state index is 0.101. The summed E-state index contributed by atoms with van der Waals surface area (Å²) in [7, 11) is 0. The van der Waals surface area contributed by atoms with E-state index in [1.165, 1.54) is 37.5 Å². The van der Waals surface area contributed by atoms with Gasteiger partial charge in [0, 0.05) is 11.5 Å². The normalized spacial score (nSPS) is 33.9. The lowest BCUT2D eigenvalue weighted by Crippen LogP contribution is -2.38. The molecule has 4 aliphatic rings. The van der Waals surface area contributed by atoms with Crippen molar-refractivity contribution < 1.29 is 18.0 Å². The molecule has 1 spiro atoms. The zero-order chi connectivity index (χ0) is 18.2. The van der Waals surface area contributed by atoms with Gasteiger partial charge in [0.2, 0.25) is 0 Å². The first kappa shape index (κ1) is 16.2. The molecule has 1 heterocycles. The average Bonchev–Trinajstić information content (AvgIpc) is 3.54. The van der Waals surface area contributed by atoms with Gasteiger partial charge in [-0.2, -0.15) is 0 Å². The van der Waals surface area contributed by atoms with Gasteiger partial charge in [-0.25, -0.2) is 8.78 Å². The molecule has 1 unspecified atom stereocenters. The van der Waals surface area contributed by atoms with Crippen LogP contribution in [0, 0.1) is 28.9 Å². The number of halogens is 2. The monoisotopic (exact) mass is 371 g/mol. The molecule has 2 aromatic rings. The molecule has 0 bridgehead atoms. The summed E-state index contributed by atoms with van der Waals surface area (Å²) in [5.74, 6) is 1.52. The van der Waals surface area contributed by atoms with Crippen molar-refractivity contribution in [2.75, 3.05) is 0 Å². The number of hydrogen-bond donors (Lipinski definition) is 0. The molecule has 3 nitrogen and oxygen atoms in total. The summed E-state index contributed by atoms with van der Waals surface area (Å²) in [4.78, 5) is 0. The summed E-state index contributed by atoms with van der Waals surface area (Å²) >= 11 is 0. The minimum atomic E-state index is -0.609. The number of ether oxygens (including phenoxy) is 1. The van der Waals surface area contributed by atoms with Crippen molar-refractivity contribution in [2.45, 2.75) is 63.6 Å². The number of aromatic nitrogens is 1. The average molecular weight is 371 g/mol. The van der Waals surface area contributed by atoms with Crippen LogP contribution in [0.1, 0.15) is 62.2 Å². The number of hydrogen-bond acceptors (Lipinski definition) is 3. The summed E-state index contributed by atoms with van der Waals surface area (Å²) < 4.78 is 40.5. The van der Waals surface area contributed by atoms with Crippen LogP contribution in [0.5, 0.6) is 0 Å². The molecule has 142 valence electrons. The first-order valence-electron chi connectivity index (χ1n) is 10.2. The highest BCUT2D eigenvalue weighted by Crippen LogP contribution is 2.73. The maximum atomic E-state index is 14.3. The maximum absolute atomic E-state index is 14.3. The van der Waals surface area contributed by atoms with Gasteiger partial charge in [-0.1, -0.05) is 11.2 Å². The first-order chi connectivity index (χ1) is 13.2. The van der Waals surface area contributed by atoms with Gasteiger partial charge >= 0.3 is 0 Å². The van der Waals surface area contributed by atoms with Gasteiger partial charge in [-0.3, -0.25) is 0 Å². The van der Waals surface area contributed by atoms with E-state index >= 15 is 0 Å². The fourth-order valence-electron chi connectivity index (χ4n) is 5.71. The quantitative estimate of drug-likeness (QED) is 0.687. The second kappa shape index (κ2) is 5.63. The van der Waals surface area contributed by atoms with E-state index in [4.69, 9.17) is 9.26 Å². The molecule has 4 aliphatic carbocycles. The third-order valence-corrected chi connectivity index (χ3v) is 7.58. The van der Waals surface area contributed by atoms with Crippen LogP contribution in [0.15, 0.2) is 22.7 Å². The molecule has 0 N–H and O–H groups in total. The Balaban J connectivity index is 1.27. The van der Waals surface area contributed by atoms with Gasteiger partial charge in [-0.15, -0.1) is 0 Å². The van der Waals surface area contributed by atoms with Crippen molar-refractivity contribution in [3.05, 3.63) is 41.2 Å². The molecule has 4 saturated carbocycles. The van der Waals surface area contributed by atoms with Gasteiger partial charge in [0.15, 0.2) is 0 Å². The first-order valence-corrected chi connectivity index (χ1v) is 10.2. The van der Waals surface area contributed by atoms with Gasteiger partial charge in [-0.05, 0) is 74.3 Å². The maximum Gasteiger partial charge on any atom is 0.145 e. The zero-order valence-electron chi connectivity index (χ0n) is 15.2. The van der Waals surface area contributed by atoms with Crippen molar-refractivity contribution in [1.82, 2.24) is 5.16 Å². The Hall–Kier alpha value is -1.75. The molecule has 0 aliphatic heterocycles. The lowest BCUT2D eigenvalue weighted by Gasteiger charge is -2.44. The van der Waals surface area contributed by atoms with Crippen LogP contribution in [-0.4, -0.2) is 11.3 Å². The van der Waals surface area contributed by atoms with E-state index in [2.05, 4.69) is 5.16 Å². The molecule has 5 heteroatoms. The molecule has 0 saturated heterocycles. The van der Waals surface area contributed by atoms with Crippen molar-refractivity contribution in [1.29, 1.82) is 0 Å². The van der Waals surface area contributed by atoms with Gasteiger partial charge in [0.1, 0.15) is 23.1 Å². The smallest absolute Gasteiger partial charge is 0.145 e. The summed E-state index contributed by atoms with van der Waals surface area (Å²) in [5, 5.41) is 4.06. The van der Waals surface area contributed by atoms with Gasteiger partial charge in [0.25, 0.3) is 0 Å². The molecule has 0 amide bonds. The molecule has 0 radical (unpaired) electrons. The van der Waals surface area contributed by atoms with E-state index in [0.29, 0.717) is 17.9 Å². The fraction of sp³-hybridized carbons (Fsp3) is 0.591. The van der Waals surface area contributed by atoms with Crippen molar-refractivity contribution in [2.24, 2.45) is 17.3 Å². The third-order valence-electron chi connectivity index (χ3n) is 7.58. The number of benzene rings is 1. The largest absolute Gasteiger partial charge is 0.373 e.